The molecule has 0 spiro atoms. The highest BCUT2D eigenvalue weighted by atomic mass is 79.9. The lowest BCUT2D eigenvalue weighted by atomic mass is 10.1. The Morgan fingerprint density at radius 2 is 1.92 bits per heavy atom. The van der Waals surface area contributed by atoms with Crippen LogP contribution in [-0.4, -0.2) is 34.5 Å². The minimum Gasteiger partial charge on any atom is -0.340 e. The first-order valence-corrected chi connectivity index (χ1v) is 8.73. The van der Waals surface area contributed by atoms with E-state index in [1.807, 2.05) is 40.8 Å². The molecule has 24 heavy (non-hydrogen) atoms. The third-order valence-electron chi connectivity index (χ3n) is 4.74. The summed E-state index contributed by atoms with van der Waals surface area (Å²) in [5.74, 6) is 0.513. The van der Waals surface area contributed by atoms with E-state index in [1.54, 1.807) is 0 Å². The summed E-state index contributed by atoms with van der Waals surface area (Å²) in [6.07, 6.45) is 0.992. The number of hydrogen-bond donors (Lipinski definition) is 1. The first-order chi connectivity index (χ1) is 11.0. The molecule has 1 aliphatic heterocycles. The van der Waals surface area contributed by atoms with Crippen molar-refractivity contribution in [3.05, 3.63) is 46.6 Å². The van der Waals surface area contributed by atoms with Gasteiger partial charge in [-0.1, -0.05) is 28.1 Å². The number of halogens is 2. The van der Waals surface area contributed by atoms with E-state index in [1.165, 1.54) is 0 Å². The fourth-order valence-electron chi connectivity index (χ4n) is 3.38. The number of amides is 1. The molecular formula is C18H23BrClN3O. The molecule has 1 fully saturated rings. The van der Waals surface area contributed by atoms with Crippen LogP contribution in [0.3, 0.4) is 0 Å². The monoisotopic (exact) mass is 411 g/mol. The zero-order valence-electron chi connectivity index (χ0n) is 13.9. The Balaban J connectivity index is 0.00000208. The van der Waals surface area contributed by atoms with Gasteiger partial charge < -0.3 is 15.2 Å². The maximum Gasteiger partial charge on any atom is 0.270 e. The van der Waals surface area contributed by atoms with Crippen LogP contribution >= 0.6 is 28.3 Å². The number of likely N-dealkylation sites (tertiary alicyclic amines) is 1. The number of benzene rings is 1. The molecule has 3 rings (SSSR count). The Hall–Kier alpha value is -1.30. The van der Waals surface area contributed by atoms with Crippen LogP contribution in [0.2, 0.25) is 0 Å². The molecule has 1 aromatic carbocycles. The van der Waals surface area contributed by atoms with Crippen molar-refractivity contribution in [3.8, 4) is 11.3 Å². The minimum atomic E-state index is 0. The number of rotatable bonds is 3. The maximum atomic E-state index is 12.9. The van der Waals surface area contributed by atoms with Crippen molar-refractivity contribution in [1.29, 1.82) is 0 Å². The predicted molar refractivity (Wildman–Crippen MR) is 103 cm³/mol. The van der Waals surface area contributed by atoms with Crippen LogP contribution in [0.1, 0.15) is 23.8 Å². The SMILES string of the molecule is CC1CC(CN)CN1C(=O)c1ccc(-c2ccc(Br)cc2)n1C.Cl. The van der Waals surface area contributed by atoms with Crippen molar-refractivity contribution >= 4 is 34.2 Å². The summed E-state index contributed by atoms with van der Waals surface area (Å²) in [4.78, 5) is 14.9. The van der Waals surface area contributed by atoms with Gasteiger partial charge in [0.1, 0.15) is 5.69 Å². The molecule has 0 bridgehead atoms. The highest BCUT2D eigenvalue weighted by molar-refractivity contribution is 9.10. The smallest absolute Gasteiger partial charge is 0.270 e. The standard InChI is InChI=1S/C18H22BrN3O.ClH/c1-12-9-13(10-20)11-22(12)18(23)17-8-7-16(21(17)2)14-3-5-15(19)6-4-14;/h3-8,12-13H,9-11,20H2,1-2H3;1H. The second kappa shape index (κ2) is 7.72. The van der Waals surface area contributed by atoms with E-state index in [0.717, 1.165) is 34.4 Å². The molecule has 2 atom stereocenters. The quantitative estimate of drug-likeness (QED) is 0.836. The van der Waals surface area contributed by atoms with Gasteiger partial charge in [0.2, 0.25) is 0 Å². The van der Waals surface area contributed by atoms with Crippen molar-refractivity contribution in [2.24, 2.45) is 18.7 Å². The average Bonchev–Trinajstić information content (AvgIpc) is 3.10. The van der Waals surface area contributed by atoms with E-state index in [4.69, 9.17) is 5.73 Å². The molecule has 0 saturated carbocycles. The fraction of sp³-hybridized carbons (Fsp3) is 0.389. The van der Waals surface area contributed by atoms with E-state index in [0.29, 0.717) is 12.5 Å². The summed E-state index contributed by atoms with van der Waals surface area (Å²) in [5.41, 5.74) is 8.65. The van der Waals surface area contributed by atoms with Crippen molar-refractivity contribution in [1.82, 2.24) is 9.47 Å². The van der Waals surface area contributed by atoms with Crippen LogP contribution < -0.4 is 5.73 Å². The first kappa shape index (κ1) is 19.0. The molecule has 1 aromatic heterocycles. The van der Waals surface area contributed by atoms with Gasteiger partial charge in [-0.2, -0.15) is 0 Å². The summed E-state index contributed by atoms with van der Waals surface area (Å²) in [6.45, 7) is 3.51. The Morgan fingerprint density at radius 1 is 1.25 bits per heavy atom. The summed E-state index contributed by atoms with van der Waals surface area (Å²) >= 11 is 3.45. The maximum absolute atomic E-state index is 12.9. The Labute approximate surface area is 157 Å². The third-order valence-corrected chi connectivity index (χ3v) is 5.27. The highest BCUT2D eigenvalue weighted by Crippen LogP contribution is 2.27. The van der Waals surface area contributed by atoms with Gasteiger partial charge in [-0.3, -0.25) is 4.79 Å². The second-order valence-electron chi connectivity index (χ2n) is 6.31. The number of hydrogen-bond acceptors (Lipinski definition) is 2. The van der Waals surface area contributed by atoms with E-state index in [9.17, 15) is 4.79 Å². The van der Waals surface area contributed by atoms with Crippen LogP contribution in [0.15, 0.2) is 40.9 Å². The predicted octanol–water partition coefficient (Wildman–Crippen LogP) is 3.69. The molecule has 1 saturated heterocycles. The second-order valence-corrected chi connectivity index (χ2v) is 7.23. The summed E-state index contributed by atoms with van der Waals surface area (Å²) in [7, 11) is 1.95. The average molecular weight is 413 g/mol. The van der Waals surface area contributed by atoms with Gasteiger partial charge in [-0.05, 0) is 55.6 Å². The molecule has 0 radical (unpaired) electrons. The molecule has 2 aromatic rings. The molecule has 0 aliphatic carbocycles. The largest absolute Gasteiger partial charge is 0.340 e. The van der Waals surface area contributed by atoms with Gasteiger partial charge in [0.05, 0.1) is 0 Å². The fourth-order valence-corrected chi connectivity index (χ4v) is 3.64. The van der Waals surface area contributed by atoms with Gasteiger partial charge in [-0.25, -0.2) is 0 Å². The minimum absolute atomic E-state index is 0. The Kier molecular flexibility index (Phi) is 6.12. The normalized spacial score (nSPS) is 20.1. The van der Waals surface area contributed by atoms with Gasteiger partial charge in [0.25, 0.3) is 5.91 Å². The summed E-state index contributed by atoms with van der Waals surface area (Å²) in [5, 5.41) is 0. The Bertz CT molecular complexity index is 714. The van der Waals surface area contributed by atoms with E-state index < -0.39 is 0 Å². The van der Waals surface area contributed by atoms with Crippen molar-refractivity contribution in [2.45, 2.75) is 19.4 Å². The number of nitrogens with two attached hydrogens (primary N) is 1. The van der Waals surface area contributed by atoms with E-state index in [-0.39, 0.29) is 24.4 Å². The summed E-state index contributed by atoms with van der Waals surface area (Å²) in [6, 6.07) is 12.3. The molecule has 1 amide bonds. The lowest BCUT2D eigenvalue weighted by molar-refractivity contribution is 0.0734. The van der Waals surface area contributed by atoms with E-state index in [2.05, 4.69) is 35.0 Å². The van der Waals surface area contributed by atoms with Crippen LogP contribution in [-0.2, 0) is 7.05 Å². The van der Waals surface area contributed by atoms with Crippen molar-refractivity contribution in [2.75, 3.05) is 13.1 Å². The van der Waals surface area contributed by atoms with Gasteiger partial charge >= 0.3 is 0 Å². The van der Waals surface area contributed by atoms with Gasteiger partial charge in [0.15, 0.2) is 0 Å². The zero-order chi connectivity index (χ0) is 16.6. The number of carbonyl (C=O) groups is 1. The first-order valence-electron chi connectivity index (χ1n) is 7.94. The number of nitrogens with zero attached hydrogens (tertiary/aromatic N) is 2. The molecule has 130 valence electrons. The van der Waals surface area contributed by atoms with Crippen molar-refractivity contribution < 1.29 is 4.79 Å². The van der Waals surface area contributed by atoms with Crippen LogP contribution in [0.25, 0.3) is 11.3 Å². The molecule has 2 heterocycles. The highest BCUT2D eigenvalue weighted by Gasteiger charge is 2.33. The number of aromatic nitrogens is 1. The van der Waals surface area contributed by atoms with Gasteiger partial charge in [-0.15, -0.1) is 12.4 Å². The molecular weight excluding hydrogens is 390 g/mol. The molecule has 1 aliphatic rings. The third kappa shape index (κ3) is 3.53. The van der Waals surface area contributed by atoms with Crippen molar-refractivity contribution in [3.63, 3.8) is 0 Å². The molecule has 6 heteroatoms. The van der Waals surface area contributed by atoms with Gasteiger partial charge in [0, 0.05) is 29.8 Å². The van der Waals surface area contributed by atoms with E-state index >= 15 is 0 Å². The number of carbonyl (C=O) groups excluding carboxylic acids is 1. The zero-order valence-corrected chi connectivity index (χ0v) is 16.3. The van der Waals surface area contributed by atoms with Crippen LogP contribution in [0.5, 0.6) is 0 Å². The molecule has 2 unspecified atom stereocenters. The molecule has 2 N–H and O–H groups in total. The summed E-state index contributed by atoms with van der Waals surface area (Å²) < 4.78 is 3.03. The van der Waals surface area contributed by atoms with Crippen LogP contribution in [0, 0.1) is 5.92 Å². The van der Waals surface area contributed by atoms with Crippen LogP contribution in [0.4, 0.5) is 0 Å². The lowest BCUT2D eigenvalue weighted by Crippen LogP contribution is -2.35. The topological polar surface area (TPSA) is 51.3 Å². The molecule has 4 nitrogen and oxygen atoms in total. The Morgan fingerprint density at radius 3 is 2.50 bits per heavy atom. The lowest BCUT2D eigenvalue weighted by Gasteiger charge is -2.22.